The number of likely N-dealkylation sites (tertiary alicyclic amines) is 1. The molecule has 3 heterocycles. The van der Waals surface area contributed by atoms with Crippen LogP contribution in [0.5, 0.6) is 0 Å². The van der Waals surface area contributed by atoms with E-state index >= 15 is 0 Å². The number of oxazole rings is 1. The number of nitrogens with zero attached hydrogens (tertiary/aromatic N) is 3. The van der Waals surface area contributed by atoms with Gasteiger partial charge >= 0.3 is 5.76 Å². The molecule has 1 saturated heterocycles. The molecule has 7 heteroatoms. The smallest absolute Gasteiger partial charge is 0.407 e. The van der Waals surface area contributed by atoms with Gasteiger partial charge in [-0.2, -0.15) is 0 Å². The fourth-order valence-electron chi connectivity index (χ4n) is 3.87. The van der Waals surface area contributed by atoms with Crippen molar-refractivity contribution in [3.05, 3.63) is 62.9 Å². The average molecular weight is 386 g/mol. The summed E-state index contributed by atoms with van der Waals surface area (Å²) < 4.78 is 7.25. The van der Waals surface area contributed by atoms with E-state index in [2.05, 4.69) is 4.98 Å². The zero-order valence-electron chi connectivity index (χ0n) is 15.2. The van der Waals surface area contributed by atoms with Crippen LogP contribution in [0.2, 0.25) is 5.15 Å². The summed E-state index contributed by atoms with van der Waals surface area (Å²) in [6, 6.07) is 7.26. The van der Waals surface area contributed by atoms with Gasteiger partial charge in [-0.05, 0) is 56.0 Å². The topological polar surface area (TPSA) is 68.3 Å². The van der Waals surface area contributed by atoms with E-state index in [1.807, 2.05) is 26.0 Å². The first-order valence-corrected chi connectivity index (χ1v) is 9.35. The summed E-state index contributed by atoms with van der Waals surface area (Å²) in [7, 11) is 0. The van der Waals surface area contributed by atoms with E-state index in [1.165, 1.54) is 6.20 Å². The molecule has 27 heavy (non-hydrogen) atoms. The first-order chi connectivity index (χ1) is 12.9. The van der Waals surface area contributed by atoms with Crippen molar-refractivity contribution in [3.63, 3.8) is 0 Å². The molecule has 0 aliphatic carbocycles. The summed E-state index contributed by atoms with van der Waals surface area (Å²) in [6.45, 7) is 5.11. The molecule has 2 aromatic heterocycles. The van der Waals surface area contributed by atoms with Gasteiger partial charge < -0.3 is 9.32 Å². The van der Waals surface area contributed by atoms with Crippen molar-refractivity contribution in [2.75, 3.05) is 13.1 Å². The van der Waals surface area contributed by atoms with Gasteiger partial charge in [-0.3, -0.25) is 9.36 Å². The van der Waals surface area contributed by atoms with Gasteiger partial charge in [-0.1, -0.05) is 17.7 Å². The second kappa shape index (κ2) is 6.85. The molecule has 140 valence electrons. The third-order valence-corrected chi connectivity index (χ3v) is 5.34. The molecule has 4 rings (SSSR count). The monoisotopic (exact) mass is 385 g/mol. The van der Waals surface area contributed by atoms with Crippen LogP contribution in [-0.2, 0) is 0 Å². The van der Waals surface area contributed by atoms with Crippen LogP contribution in [0.4, 0.5) is 0 Å². The summed E-state index contributed by atoms with van der Waals surface area (Å²) in [5, 5.41) is 0.304. The van der Waals surface area contributed by atoms with Crippen molar-refractivity contribution in [1.29, 1.82) is 0 Å². The lowest BCUT2D eigenvalue weighted by Gasteiger charge is -2.32. The molecule has 0 unspecified atom stereocenters. The van der Waals surface area contributed by atoms with Crippen LogP contribution >= 0.6 is 11.6 Å². The predicted octanol–water partition coefficient (Wildman–Crippen LogP) is 3.74. The minimum absolute atomic E-state index is 0.0185. The zero-order chi connectivity index (χ0) is 19.1. The Morgan fingerprint density at radius 2 is 1.96 bits per heavy atom. The molecule has 0 saturated carbocycles. The Morgan fingerprint density at radius 1 is 1.22 bits per heavy atom. The molecule has 1 aromatic carbocycles. The van der Waals surface area contributed by atoms with E-state index in [4.69, 9.17) is 16.0 Å². The van der Waals surface area contributed by atoms with E-state index in [0.29, 0.717) is 42.2 Å². The van der Waals surface area contributed by atoms with Crippen LogP contribution in [0, 0.1) is 13.8 Å². The van der Waals surface area contributed by atoms with Crippen LogP contribution in [0.25, 0.3) is 11.1 Å². The zero-order valence-corrected chi connectivity index (χ0v) is 16.0. The number of aryl methyl sites for hydroxylation is 2. The van der Waals surface area contributed by atoms with Crippen LogP contribution in [0.15, 0.2) is 39.7 Å². The second-order valence-electron chi connectivity index (χ2n) is 7.06. The lowest BCUT2D eigenvalue weighted by Crippen LogP contribution is -2.40. The summed E-state index contributed by atoms with van der Waals surface area (Å²) in [6.07, 6.45) is 2.93. The minimum atomic E-state index is -0.329. The van der Waals surface area contributed by atoms with Gasteiger partial charge in [0.15, 0.2) is 5.58 Å². The number of fused-ring (bicyclic) bond motifs is 1. The van der Waals surface area contributed by atoms with Gasteiger partial charge in [0.25, 0.3) is 5.91 Å². The maximum atomic E-state index is 12.7. The number of carbonyl (C=O) groups excluding carboxylic acids is 1. The quantitative estimate of drug-likeness (QED) is 0.630. The normalized spacial score (nSPS) is 15.4. The van der Waals surface area contributed by atoms with E-state index < -0.39 is 0 Å². The van der Waals surface area contributed by atoms with Crippen molar-refractivity contribution >= 4 is 28.6 Å². The molecule has 0 atom stereocenters. The van der Waals surface area contributed by atoms with Gasteiger partial charge in [-0.25, -0.2) is 9.78 Å². The molecule has 1 fully saturated rings. The highest BCUT2D eigenvalue weighted by Gasteiger charge is 2.27. The Kier molecular flexibility index (Phi) is 4.52. The molecule has 1 aliphatic rings. The molecule has 0 radical (unpaired) electrons. The first-order valence-electron chi connectivity index (χ1n) is 8.97. The lowest BCUT2D eigenvalue weighted by molar-refractivity contribution is 0.0693. The standard InChI is InChI=1S/C20H20ClN3O3/c1-12-9-13(2)18-16(10-12)24(20(26)27-18)15-4-7-23(8-5-15)19(25)14-3-6-22-17(21)11-14/h3,6,9-11,15H,4-5,7-8H2,1-2H3. The van der Waals surface area contributed by atoms with E-state index in [0.717, 1.165) is 16.6 Å². The number of hydrogen-bond donors (Lipinski definition) is 0. The third-order valence-electron chi connectivity index (χ3n) is 5.14. The molecule has 0 bridgehead atoms. The maximum absolute atomic E-state index is 12.7. The third kappa shape index (κ3) is 3.25. The SMILES string of the molecule is Cc1cc(C)c2oc(=O)n(C3CCN(C(=O)c4ccnc(Cl)c4)CC3)c2c1. The predicted molar refractivity (Wildman–Crippen MR) is 103 cm³/mol. The van der Waals surface area contributed by atoms with Crippen LogP contribution in [0.1, 0.15) is 40.4 Å². The largest absolute Gasteiger partial charge is 0.420 e. The van der Waals surface area contributed by atoms with Gasteiger partial charge in [0.1, 0.15) is 5.15 Å². The number of piperidine rings is 1. The Balaban J connectivity index is 1.56. The van der Waals surface area contributed by atoms with Crippen LogP contribution in [-0.4, -0.2) is 33.4 Å². The maximum Gasteiger partial charge on any atom is 0.420 e. The highest BCUT2D eigenvalue weighted by atomic mass is 35.5. The highest BCUT2D eigenvalue weighted by molar-refractivity contribution is 6.29. The number of pyridine rings is 1. The van der Waals surface area contributed by atoms with Crippen molar-refractivity contribution < 1.29 is 9.21 Å². The summed E-state index contributed by atoms with van der Waals surface area (Å²) in [4.78, 5) is 30.8. The lowest BCUT2D eigenvalue weighted by atomic mass is 10.0. The number of halogens is 1. The molecule has 1 aliphatic heterocycles. The van der Waals surface area contributed by atoms with Crippen molar-refractivity contribution in [1.82, 2.24) is 14.5 Å². The Hall–Kier alpha value is -2.60. The Labute approximate surface area is 161 Å². The van der Waals surface area contributed by atoms with Gasteiger partial charge in [0.2, 0.25) is 0 Å². The highest BCUT2D eigenvalue weighted by Crippen LogP contribution is 2.28. The summed E-state index contributed by atoms with van der Waals surface area (Å²) >= 11 is 5.89. The Bertz CT molecular complexity index is 1080. The van der Waals surface area contributed by atoms with E-state index in [9.17, 15) is 9.59 Å². The minimum Gasteiger partial charge on any atom is -0.407 e. The van der Waals surface area contributed by atoms with E-state index in [-0.39, 0.29) is 17.7 Å². The number of amides is 1. The number of aromatic nitrogens is 2. The molecule has 0 N–H and O–H groups in total. The number of benzene rings is 1. The van der Waals surface area contributed by atoms with E-state index in [1.54, 1.807) is 21.6 Å². The molecular formula is C20H20ClN3O3. The van der Waals surface area contributed by atoms with Crippen molar-refractivity contribution in [3.8, 4) is 0 Å². The molecule has 6 nitrogen and oxygen atoms in total. The summed E-state index contributed by atoms with van der Waals surface area (Å²) in [5.41, 5.74) is 4.07. The van der Waals surface area contributed by atoms with Gasteiger partial charge in [0.05, 0.1) is 5.52 Å². The van der Waals surface area contributed by atoms with Crippen molar-refractivity contribution in [2.45, 2.75) is 32.7 Å². The molecule has 1 amide bonds. The van der Waals surface area contributed by atoms with Crippen LogP contribution in [0.3, 0.4) is 0 Å². The fourth-order valence-corrected chi connectivity index (χ4v) is 4.04. The number of carbonyl (C=O) groups is 1. The molecule has 3 aromatic rings. The van der Waals surface area contributed by atoms with Crippen molar-refractivity contribution in [2.24, 2.45) is 0 Å². The molecular weight excluding hydrogens is 366 g/mol. The summed E-state index contributed by atoms with van der Waals surface area (Å²) in [5.74, 6) is -0.391. The number of hydrogen-bond acceptors (Lipinski definition) is 4. The van der Waals surface area contributed by atoms with Crippen LogP contribution < -0.4 is 5.76 Å². The average Bonchev–Trinajstić information content (AvgIpc) is 2.97. The first kappa shape index (κ1) is 17.8. The second-order valence-corrected chi connectivity index (χ2v) is 7.45. The fraction of sp³-hybridized carbons (Fsp3) is 0.350. The number of rotatable bonds is 2. The molecule has 0 spiro atoms. The van der Waals surface area contributed by atoms with Gasteiger partial charge in [0, 0.05) is 30.9 Å². The van der Waals surface area contributed by atoms with Gasteiger partial charge in [-0.15, -0.1) is 0 Å². The Morgan fingerprint density at radius 3 is 2.67 bits per heavy atom.